The van der Waals surface area contributed by atoms with Crippen molar-refractivity contribution in [3.8, 4) is 17.2 Å². The standard InChI is InChI=1S/C15H13Br2ClO2/c1-9-3-4-10(8-18)5-13(9)20-15-7-11(16)14(19-2)6-12(15)17/h3-7H,8H2,1-2H3. The zero-order valence-corrected chi connectivity index (χ0v) is 15.0. The number of ether oxygens (including phenoxy) is 2. The van der Waals surface area contributed by atoms with E-state index in [0.29, 0.717) is 11.6 Å². The van der Waals surface area contributed by atoms with Gasteiger partial charge in [-0.05, 0) is 68.1 Å². The first-order valence-electron chi connectivity index (χ1n) is 5.91. The van der Waals surface area contributed by atoms with Crippen LogP contribution in [0.15, 0.2) is 39.3 Å². The van der Waals surface area contributed by atoms with Crippen molar-refractivity contribution in [2.45, 2.75) is 12.8 Å². The molecule has 0 atom stereocenters. The fraction of sp³-hybridized carbons (Fsp3) is 0.200. The average molecular weight is 421 g/mol. The zero-order valence-electron chi connectivity index (χ0n) is 11.0. The molecule has 0 radical (unpaired) electrons. The summed E-state index contributed by atoms with van der Waals surface area (Å²) >= 11 is 12.8. The molecular formula is C15H13Br2ClO2. The summed E-state index contributed by atoms with van der Waals surface area (Å²) in [5, 5.41) is 0. The van der Waals surface area contributed by atoms with Crippen LogP contribution in [0.2, 0.25) is 0 Å². The summed E-state index contributed by atoms with van der Waals surface area (Å²) in [6, 6.07) is 9.68. The van der Waals surface area contributed by atoms with E-state index in [2.05, 4.69) is 31.9 Å². The highest BCUT2D eigenvalue weighted by molar-refractivity contribution is 9.11. The molecule has 0 aliphatic rings. The third-order valence-corrected chi connectivity index (χ3v) is 4.38. The molecule has 0 bridgehead atoms. The van der Waals surface area contributed by atoms with Gasteiger partial charge in [0.25, 0.3) is 0 Å². The topological polar surface area (TPSA) is 18.5 Å². The highest BCUT2D eigenvalue weighted by atomic mass is 79.9. The lowest BCUT2D eigenvalue weighted by Crippen LogP contribution is -1.92. The molecule has 0 heterocycles. The summed E-state index contributed by atoms with van der Waals surface area (Å²) < 4.78 is 12.9. The van der Waals surface area contributed by atoms with Gasteiger partial charge in [-0.1, -0.05) is 12.1 Å². The number of halogens is 3. The van der Waals surface area contributed by atoms with Crippen molar-refractivity contribution < 1.29 is 9.47 Å². The molecule has 0 aliphatic heterocycles. The second-order valence-electron chi connectivity index (χ2n) is 4.25. The molecule has 2 aromatic carbocycles. The molecule has 0 aliphatic carbocycles. The first-order chi connectivity index (χ1) is 9.55. The highest BCUT2D eigenvalue weighted by Gasteiger charge is 2.10. The largest absolute Gasteiger partial charge is 0.496 e. The monoisotopic (exact) mass is 418 g/mol. The Bertz CT molecular complexity index is 630. The summed E-state index contributed by atoms with van der Waals surface area (Å²) in [5.41, 5.74) is 2.08. The van der Waals surface area contributed by atoms with Crippen LogP contribution in [0, 0.1) is 6.92 Å². The van der Waals surface area contributed by atoms with Crippen molar-refractivity contribution in [1.82, 2.24) is 0 Å². The van der Waals surface area contributed by atoms with Crippen molar-refractivity contribution in [2.24, 2.45) is 0 Å². The molecular weight excluding hydrogens is 407 g/mol. The van der Waals surface area contributed by atoms with Crippen LogP contribution in [-0.4, -0.2) is 7.11 Å². The summed E-state index contributed by atoms with van der Waals surface area (Å²) in [5.74, 6) is 2.72. The van der Waals surface area contributed by atoms with E-state index < -0.39 is 0 Å². The van der Waals surface area contributed by atoms with Crippen molar-refractivity contribution in [2.75, 3.05) is 7.11 Å². The summed E-state index contributed by atoms with van der Waals surface area (Å²) in [7, 11) is 1.63. The van der Waals surface area contributed by atoms with Gasteiger partial charge in [0.05, 0.1) is 16.1 Å². The van der Waals surface area contributed by atoms with Crippen LogP contribution < -0.4 is 9.47 Å². The summed E-state index contributed by atoms with van der Waals surface area (Å²) in [6.45, 7) is 2.00. The Kier molecular flexibility index (Phi) is 5.35. The smallest absolute Gasteiger partial charge is 0.143 e. The van der Waals surface area contributed by atoms with Gasteiger partial charge in [0, 0.05) is 5.88 Å². The van der Waals surface area contributed by atoms with Crippen molar-refractivity contribution in [3.63, 3.8) is 0 Å². The van der Waals surface area contributed by atoms with Crippen LogP contribution in [0.5, 0.6) is 17.2 Å². The quantitative estimate of drug-likeness (QED) is 0.560. The highest BCUT2D eigenvalue weighted by Crippen LogP contribution is 2.39. The molecule has 0 saturated carbocycles. The van der Waals surface area contributed by atoms with Gasteiger partial charge in [-0.15, -0.1) is 11.6 Å². The molecule has 0 aromatic heterocycles. The molecule has 106 valence electrons. The molecule has 0 N–H and O–H groups in total. The zero-order chi connectivity index (χ0) is 14.7. The Balaban J connectivity index is 2.37. The van der Waals surface area contributed by atoms with Crippen LogP contribution in [-0.2, 0) is 5.88 Å². The van der Waals surface area contributed by atoms with Gasteiger partial charge in [-0.25, -0.2) is 0 Å². The second kappa shape index (κ2) is 6.83. The maximum Gasteiger partial charge on any atom is 0.143 e. The minimum absolute atomic E-state index is 0.462. The van der Waals surface area contributed by atoms with E-state index >= 15 is 0 Å². The summed E-state index contributed by atoms with van der Waals surface area (Å²) in [6.07, 6.45) is 0. The Morgan fingerprint density at radius 2 is 1.65 bits per heavy atom. The molecule has 2 rings (SSSR count). The van der Waals surface area contributed by atoms with E-state index in [4.69, 9.17) is 21.1 Å². The van der Waals surface area contributed by atoms with E-state index in [1.807, 2.05) is 37.3 Å². The van der Waals surface area contributed by atoms with E-state index in [0.717, 1.165) is 31.6 Å². The molecule has 0 saturated heterocycles. The molecule has 2 aromatic rings. The minimum Gasteiger partial charge on any atom is -0.496 e. The molecule has 0 fully saturated rings. The maximum absolute atomic E-state index is 5.97. The number of hydrogen-bond donors (Lipinski definition) is 0. The Hall–Kier alpha value is -0.710. The summed E-state index contributed by atoms with van der Waals surface area (Å²) in [4.78, 5) is 0. The van der Waals surface area contributed by atoms with E-state index in [1.165, 1.54) is 0 Å². The fourth-order valence-corrected chi connectivity index (χ4v) is 2.75. The Morgan fingerprint density at radius 3 is 2.30 bits per heavy atom. The fourth-order valence-electron chi connectivity index (χ4n) is 1.70. The second-order valence-corrected chi connectivity index (χ2v) is 6.23. The third-order valence-electron chi connectivity index (χ3n) is 2.83. The van der Waals surface area contributed by atoms with Crippen LogP contribution in [0.25, 0.3) is 0 Å². The van der Waals surface area contributed by atoms with Gasteiger partial charge in [-0.2, -0.15) is 0 Å². The number of alkyl halides is 1. The lowest BCUT2D eigenvalue weighted by Gasteiger charge is -2.13. The molecule has 0 amide bonds. The van der Waals surface area contributed by atoms with Crippen molar-refractivity contribution >= 4 is 43.5 Å². The Morgan fingerprint density at radius 1 is 1.00 bits per heavy atom. The van der Waals surface area contributed by atoms with Crippen molar-refractivity contribution in [1.29, 1.82) is 0 Å². The SMILES string of the molecule is COc1cc(Br)c(Oc2cc(CCl)ccc2C)cc1Br. The van der Waals surface area contributed by atoms with Crippen molar-refractivity contribution in [3.05, 3.63) is 50.4 Å². The Labute approximate surface area is 140 Å². The van der Waals surface area contributed by atoms with Gasteiger partial charge in [0.2, 0.25) is 0 Å². The predicted octanol–water partition coefficient (Wildman–Crippen LogP) is 6.06. The number of aryl methyl sites for hydroxylation is 1. The molecule has 20 heavy (non-hydrogen) atoms. The molecule has 0 unspecified atom stereocenters. The third kappa shape index (κ3) is 3.48. The van der Waals surface area contributed by atoms with Gasteiger partial charge < -0.3 is 9.47 Å². The first-order valence-corrected chi connectivity index (χ1v) is 8.03. The van der Waals surface area contributed by atoms with E-state index in [-0.39, 0.29) is 0 Å². The predicted molar refractivity (Wildman–Crippen MR) is 89.2 cm³/mol. The molecule has 2 nitrogen and oxygen atoms in total. The number of methoxy groups -OCH3 is 1. The van der Waals surface area contributed by atoms with Crippen LogP contribution >= 0.6 is 43.5 Å². The average Bonchev–Trinajstić information content (AvgIpc) is 2.44. The van der Waals surface area contributed by atoms with Crippen LogP contribution in [0.4, 0.5) is 0 Å². The first kappa shape index (κ1) is 15.7. The van der Waals surface area contributed by atoms with Gasteiger partial charge >= 0.3 is 0 Å². The van der Waals surface area contributed by atoms with Gasteiger partial charge in [0.1, 0.15) is 17.2 Å². The minimum atomic E-state index is 0.462. The normalized spacial score (nSPS) is 10.4. The molecule has 0 spiro atoms. The maximum atomic E-state index is 5.97. The van der Waals surface area contributed by atoms with Gasteiger partial charge in [0.15, 0.2) is 0 Å². The lowest BCUT2D eigenvalue weighted by atomic mass is 10.1. The number of rotatable bonds is 4. The number of benzene rings is 2. The van der Waals surface area contributed by atoms with Crippen LogP contribution in [0.3, 0.4) is 0 Å². The van der Waals surface area contributed by atoms with Crippen LogP contribution in [0.1, 0.15) is 11.1 Å². The van der Waals surface area contributed by atoms with E-state index in [1.54, 1.807) is 7.11 Å². The molecule has 5 heteroatoms. The number of hydrogen-bond acceptors (Lipinski definition) is 2. The van der Waals surface area contributed by atoms with Gasteiger partial charge in [-0.3, -0.25) is 0 Å². The van der Waals surface area contributed by atoms with E-state index in [9.17, 15) is 0 Å². The lowest BCUT2D eigenvalue weighted by molar-refractivity contribution is 0.409.